The Kier molecular flexibility index (Phi) is 4.94. The average Bonchev–Trinajstić information content (AvgIpc) is 2.30. The van der Waals surface area contributed by atoms with E-state index < -0.39 is 0 Å². The summed E-state index contributed by atoms with van der Waals surface area (Å²) in [6.45, 7) is 2.01. The van der Waals surface area contributed by atoms with E-state index in [2.05, 4.69) is 4.99 Å². The molecule has 89 valence electrons. The molecule has 0 unspecified atom stereocenters. The van der Waals surface area contributed by atoms with Crippen LogP contribution in [0.1, 0.15) is 11.1 Å². The fourth-order valence-electron chi connectivity index (χ4n) is 1.44. The van der Waals surface area contributed by atoms with Gasteiger partial charge in [-0.3, -0.25) is 4.99 Å². The van der Waals surface area contributed by atoms with Crippen molar-refractivity contribution in [3.05, 3.63) is 59.7 Å². The van der Waals surface area contributed by atoms with Gasteiger partial charge in [-0.25, -0.2) is 0 Å². The molecule has 2 aromatic rings. The Hall–Kier alpha value is -1.58. The van der Waals surface area contributed by atoms with Crippen molar-refractivity contribution < 1.29 is 21.9 Å². The van der Waals surface area contributed by atoms with Crippen molar-refractivity contribution in [2.75, 3.05) is 0 Å². The zero-order chi connectivity index (χ0) is 11.4. The molecule has 1 N–H and O–H groups in total. The van der Waals surface area contributed by atoms with Gasteiger partial charge >= 0.3 is 0 Å². The quantitative estimate of drug-likeness (QED) is 0.833. The van der Waals surface area contributed by atoms with Gasteiger partial charge in [-0.2, -0.15) is 0 Å². The number of aromatic hydroxyl groups is 1. The van der Waals surface area contributed by atoms with Crippen molar-refractivity contribution in [2.45, 2.75) is 6.92 Å². The maximum absolute atomic E-state index is 9.57. The van der Waals surface area contributed by atoms with Gasteiger partial charge < -0.3 is 5.11 Å². The Morgan fingerprint density at radius 3 is 2.35 bits per heavy atom. The van der Waals surface area contributed by atoms with E-state index in [0.29, 0.717) is 0 Å². The van der Waals surface area contributed by atoms with Gasteiger partial charge in [0, 0.05) is 28.6 Å². The summed E-state index contributed by atoms with van der Waals surface area (Å²) in [7, 11) is 0. The number of nitrogens with zero attached hydrogens (tertiary/aromatic N) is 1. The first kappa shape index (κ1) is 13.5. The van der Waals surface area contributed by atoms with E-state index in [9.17, 15) is 5.11 Å². The molecule has 0 aliphatic rings. The summed E-state index contributed by atoms with van der Waals surface area (Å²) >= 11 is 0. The van der Waals surface area contributed by atoms with E-state index in [4.69, 9.17) is 0 Å². The molecule has 0 aliphatic heterocycles. The van der Waals surface area contributed by atoms with E-state index in [1.54, 1.807) is 18.3 Å². The Balaban J connectivity index is 0.00000144. The van der Waals surface area contributed by atoms with Crippen LogP contribution in [0.25, 0.3) is 0 Å². The van der Waals surface area contributed by atoms with E-state index in [1.165, 1.54) is 0 Å². The number of hydrogen-bond donors (Lipinski definition) is 1. The largest absolute Gasteiger partial charge is 0.507 e. The summed E-state index contributed by atoms with van der Waals surface area (Å²) in [6, 6.07) is 15.0. The second kappa shape index (κ2) is 6.23. The van der Waals surface area contributed by atoms with Crippen LogP contribution in [0.5, 0.6) is 5.75 Å². The minimum atomic E-state index is 0. The summed E-state index contributed by atoms with van der Waals surface area (Å²) < 4.78 is 0. The maximum atomic E-state index is 9.57. The Labute approximate surface area is 111 Å². The summed E-state index contributed by atoms with van der Waals surface area (Å²) in [4.78, 5) is 4.35. The van der Waals surface area contributed by atoms with Crippen molar-refractivity contribution in [1.29, 1.82) is 0 Å². The van der Waals surface area contributed by atoms with E-state index >= 15 is 0 Å². The predicted molar refractivity (Wildman–Crippen MR) is 66.5 cm³/mol. The standard InChI is InChI=1S/C14H13NO.Co/c1-11-6-2-4-8-13(11)15-10-12-7-3-5-9-14(12)16;/h2-10,16H,1H3;. The Morgan fingerprint density at radius 2 is 1.65 bits per heavy atom. The molecular weight excluding hydrogens is 257 g/mol. The minimum Gasteiger partial charge on any atom is -0.507 e. The van der Waals surface area contributed by atoms with E-state index in [1.807, 2.05) is 43.3 Å². The van der Waals surface area contributed by atoms with Crippen molar-refractivity contribution in [1.82, 2.24) is 0 Å². The topological polar surface area (TPSA) is 32.6 Å². The van der Waals surface area contributed by atoms with Gasteiger partial charge in [-0.1, -0.05) is 30.3 Å². The van der Waals surface area contributed by atoms with Crippen LogP contribution in [0.2, 0.25) is 0 Å². The smallest absolute Gasteiger partial charge is 0.124 e. The molecule has 0 saturated heterocycles. The first-order chi connectivity index (χ1) is 7.77. The third-order valence-corrected chi connectivity index (χ3v) is 2.39. The fraction of sp³-hybridized carbons (Fsp3) is 0.0714. The van der Waals surface area contributed by atoms with Crippen molar-refractivity contribution in [3.63, 3.8) is 0 Å². The van der Waals surface area contributed by atoms with Crippen molar-refractivity contribution in [3.8, 4) is 5.75 Å². The van der Waals surface area contributed by atoms with Crippen LogP contribution in [0.4, 0.5) is 5.69 Å². The summed E-state index contributed by atoms with van der Waals surface area (Å²) in [5.41, 5.74) is 2.77. The van der Waals surface area contributed by atoms with Gasteiger partial charge in [0.25, 0.3) is 0 Å². The zero-order valence-electron chi connectivity index (χ0n) is 9.42. The molecule has 0 heterocycles. The molecule has 0 fully saturated rings. The molecule has 0 atom stereocenters. The predicted octanol–water partition coefficient (Wildman–Crippen LogP) is 3.45. The number of para-hydroxylation sites is 2. The van der Waals surface area contributed by atoms with E-state index in [0.717, 1.165) is 16.8 Å². The van der Waals surface area contributed by atoms with Crippen LogP contribution in [0.15, 0.2) is 53.5 Å². The molecule has 2 nitrogen and oxygen atoms in total. The number of hydrogen-bond acceptors (Lipinski definition) is 2. The van der Waals surface area contributed by atoms with Gasteiger partial charge in [-0.15, -0.1) is 0 Å². The second-order valence-electron chi connectivity index (χ2n) is 3.60. The number of benzene rings is 2. The zero-order valence-corrected chi connectivity index (χ0v) is 10.5. The van der Waals surface area contributed by atoms with Crippen LogP contribution >= 0.6 is 0 Å². The Bertz CT molecular complexity index is 476. The molecule has 0 amide bonds. The molecule has 0 bridgehead atoms. The third-order valence-electron chi connectivity index (χ3n) is 2.39. The Morgan fingerprint density at radius 1 is 1.00 bits per heavy atom. The molecule has 2 aromatic carbocycles. The van der Waals surface area contributed by atoms with Crippen LogP contribution < -0.4 is 0 Å². The molecule has 0 aliphatic carbocycles. The molecule has 17 heavy (non-hydrogen) atoms. The van der Waals surface area contributed by atoms with Crippen LogP contribution in [-0.4, -0.2) is 11.3 Å². The second-order valence-corrected chi connectivity index (χ2v) is 3.60. The summed E-state index contributed by atoms with van der Waals surface area (Å²) in [5, 5.41) is 9.57. The number of aliphatic imine (C=N–C) groups is 1. The van der Waals surface area contributed by atoms with Crippen LogP contribution in [0, 0.1) is 6.92 Å². The SMILES string of the molecule is Cc1ccccc1N=Cc1ccccc1O.[Co]. The van der Waals surface area contributed by atoms with Gasteiger partial charge in [0.2, 0.25) is 0 Å². The minimum absolute atomic E-state index is 0. The molecule has 1 radical (unpaired) electrons. The number of phenolic OH excluding ortho intramolecular Hbond substituents is 1. The first-order valence-corrected chi connectivity index (χ1v) is 5.15. The van der Waals surface area contributed by atoms with Crippen molar-refractivity contribution >= 4 is 11.9 Å². The molecule has 0 spiro atoms. The molecule has 0 saturated carbocycles. The fourth-order valence-corrected chi connectivity index (χ4v) is 1.44. The first-order valence-electron chi connectivity index (χ1n) is 5.15. The number of rotatable bonds is 2. The monoisotopic (exact) mass is 270 g/mol. The van der Waals surface area contributed by atoms with Gasteiger partial charge in [0.05, 0.1) is 5.69 Å². The third kappa shape index (κ3) is 3.44. The number of aryl methyl sites for hydroxylation is 1. The molecule has 0 aromatic heterocycles. The van der Waals surface area contributed by atoms with Crippen LogP contribution in [0.3, 0.4) is 0 Å². The van der Waals surface area contributed by atoms with Gasteiger partial charge in [0.1, 0.15) is 5.75 Å². The summed E-state index contributed by atoms with van der Waals surface area (Å²) in [6.07, 6.45) is 1.68. The maximum Gasteiger partial charge on any atom is 0.124 e. The molecule has 3 heteroatoms. The van der Waals surface area contributed by atoms with Crippen LogP contribution in [-0.2, 0) is 16.8 Å². The average molecular weight is 270 g/mol. The normalized spacial score (nSPS) is 10.2. The summed E-state index contributed by atoms with van der Waals surface area (Å²) in [5.74, 6) is 0.250. The van der Waals surface area contributed by atoms with E-state index in [-0.39, 0.29) is 22.5 Å². The molecular formula is C14H13CoNO. The van der Waals surface area contributed by atoms with Gasteiger partial charge in [-0.05, 0) is 30.7 Å². The van der Waals surface area contributed by atoms with Crippen molar-refractivity contribution in [2.24, 2.45) is 4.99 Å². The van der Waals surface area contributed by atoms with Gasteiger partial charge in [0.15, 0.2) is 0 Å². The molecule has 2 rings (SSSR count). The number of phenols is 1.